The van der Waals surface area contributed by atoms with Gasteiger partial charge in [-0.05, 0) is 38.0 Å². The predicted octanol–water partition coefficient (Wildman–Crippen LogP) is 3.93. The molecule has 0 atom stereocenters. The summed E-state index contributed by atoms with van der Waals surface area (Å²) in [5.74, 6) is 0.888. The first-order valence-corrected chi connectivity index (χ1v) is 6.15. The van der Waals surface area contributed by atoms with Crippen molar-refractivity contribution in [2.75, 3.05) is 7.11 Å². The van der Waals surface area contributed by atoms with Crippen LogP contribution in [0.5, 0.6) is 5.75 Å². The van der Waals surface area contributed by atoms with E-state index in [9.17, 15) is 4.79 Å². The predicted molar refractivity (Wildman–Crippen MR) is 73.0 cm³/mol. The van der Waals surface area contributed by atoms with E-state index in [0.29, 0.717) is 6.42 Å². The summed E-state index contributed by atoms with van der Waals surface area (Å²) in [6, 6.07) is 7.34. The monoisotopic (exact) mass is 242 g/mol. The topological polar surface area (TPSA) is 26.3 Å². The van der Waals surface area contributed by atoms with Gasteiger partial charge in [-0.25, -0.2) is 0 Å². The molecule has 0 aliphatic heterocycles. The highest BCUT2D eigenvalue weighted by molar-refractivity contribution is 5.98. The van der Waals surface area contributed by atoms with Gasteiger partial charge in [-0.1, -0.05) is 29.4 Å². The van der Waals surface area contributed by atoms with Crippen molar-refractivity contribution >= 4 is 5.78 Å². The Balaban J connectivity index is 2.13. The van der Waals surface area contributed by atoms with Crippen molar-refractivity contribution in [3.8, 4) is 5.75 Å². The van der Waals surface area contributed by atoms with Crippen LogP contribution in [-0.2, 0) is 0 Å². The molecular formula is C16H18O2. The number of benzene rings is 1. The first-order chi connectivity index (χ1) is 8.61. The van der Waals surface area contributed by atoms with Crippen LogP contribution in [0.1, 0.15) is 37.0 Å². The molecule has 0 amide bonds. The molecule has 1 aromatic rings. The molecule has 0 radical (unpaired) electrons. The van der Waals surface area contributed by atoms with Crippen molar-refractivity contribution in [2.45, 2.75) is 26.7 Å². The summed E-state index contributed by atoms with van der Waals surface area (Å²) in [7, 11) is 1.61. The first kappa shape index (κ1) is 12.6. The zero-order valence-corrected chi connectivity index (χ0v) is 11.1. The van der Waals surface area contributed by atoms with Crippen molar-refractivity contribution in [1.82, 2.24) is 0 Å². The number of Topliss-reactive ketones (excluding diaryl/α,β-unsaturated/α-hetero) is 1. The number of carbonyl (C=O) groups excluding carboxylic acids is 1. The Morgan fingerprint density at radius 1 is 1.33 bits per heavy atom. The van der Waals surface area contributed by atoms with Gasteiger partial charge < -0.3 is 4.74 Å². The summed E-state index contributed by atoms with van der Waals surface area (Å²) in [4.78, 5) is 12.2. The number of methoxy groups -OCH3 is 1. The van der Waals surface area contributed by atoms with Crippen LogP contribution < -0.4 is 4.74 Å². The number of hydrogen-bond acceptors (Lipinski definition) is 2. The molecule has 2 heteroatoms. The highest BCUT2D eigenvalue weighted by Crippen LogP contribution is 2.29. The van der Waals surface area contributed by atoms with Crippen LogP contribution in [0.2, 0.25) is 0 Å². The first-order valence-electron chi connectivity index (χ1n) is 6.15. The molecule has 0 fully saturated rings. The normalized spacial score (nSPS) is 14.7. The average Bonchev–Trinajstić information content (AvgIpc) is 2.71. The fourth-order valence-corrected chi connectivity index (χ4v) is 2.16. The zero-order chi connectivity index (χ0) is 13.1. The maximum atomic E-state index is 12.2. The van der Waals surface area contributed by atoms with E-state index in [2.05, 4.69) is 19.9 Å². The van der Waals surface area contributed by atoms with E-state index in [1.54, 1.807) is 13.2 Å². The van der Waals surface area contributed by atoms with E-state index < -0.39 is 0 Å². The van der Waals surface area contributed by atoms with E-state index >= 15 is 0 Å². The summed E-state index contributed by atoms with van der Waals surface area (Å²) in [6.07, 6.45) is 3.60. The molecule has 1 aliphatic carbocycles. The standard InChI is InChI=1S/C16H18O2/c1-11-7-8-13(12(11)2)10-16(17)14-5-4-6-15(9-14)18-3/h4-7,9H,8,10H2,1-3H3. The fraction of sp³-hybridized carbons (Fsp3) is 0.312. The third-order valence-electron chi connectivity index (χ3n) is 3.54. The van der Waals surface area contributed by atoms with E-state index in [1.807, 2.05) is 18.2 Å². The molecule has 1 aliphatic rings. The number of hydrogen-bond donors (Lipinski definition) is 0. The highest BCUT2D eigenvalue weighted by atomic mass is 16.5. The molecule has 0 aromatic heterocycles. The van der Waals surface area contributed by atoms with Crippen LogP contribution in [-0.4, -0.2) is 12.9 Å². The quantitative estimate of drug-likeness (QED) is 0.748. The second kappa shape index (κ2) is 5.21. The van der Waals surface area contributed by atoms with Crippen LogP contribution in [0.4, 0.5) is 0 Å². The fourth-order valence-electron chi connectivity index (χ4n) is 2.16. The molecule has 0 unspecified atom stereocenters. The highest BCUT2D eigenvalue weighted by Gasteiger charge is 2.15. The molecule has 0 N–H and O–H groups in total. The van der Waals surface area contributed by atoms with Gasteiger partial charge in [-0.2, -0.15) is 0 Å². The lowest BCUT2D eigenvalue weighted by Gasteiger charge is -2.06. The molecule has 18 heavy (non-hydrogen) atoms. The molecule has 0 spiro atoms. The van der Waals surface area contributed by atoms with Gasteiger partial charge in [0.05, 0.1) is 7.11 Å². The van der Waals surface area contributed by atoms with E-state index in [-0.39, 0.29) is 5.78 Å². The smallest absolute Gasteiger partial charge is 0.167 e. The minimum absolute atomic E-state index is 0.159. The van der Waals surface area contributed by atoms with Crippen LogP contribution in [0.3, 0.4) is 0 Å². The van der Waals surface area contributed by atoms with Crippen molar-refractivity contribution < 1.29 is 9.53 Å². The molecule has 0 heterocycles. The van der Waals surface area contributed by atoms with E-state index in [0.717, 1.165) is 17.7 Å². The summed E-state index contributed by atoms with van der Waals surface area (Å²) in [5, 5.41) is 0. The summed E-state index contributed by atoms with van der Waals surface area (Å²) >= 11 is 0. The van der Waals surface area contributed by atoms with Gasteiger partial charge in [0.1, 0.15) is 5.75 Å². The Labute approximate surface area is 108 Å². The maximum absolute atomic E-state index is 12.2. The van der Waals surface area contributed by atoms with Gasteiger partial charge >= 0.3 is 0 Å². The zero-order valence-electron chi connectivity index (χ0n) is 11.1. The van der Waals surface area contributed by atoms with Crippen LogP contribution in [0, 0.1) is 0 Å². The molecule has 94 valence electrons. The number of ether oxygens (including phenoxy) is 1. The van der Waals surface area contributed by atoms with Crippen LogP contribution in [0.25, 0.3) is 0 Å². The summed E-state index contributed by atoms with van der Waals surface area (Å²) in [6.45, 7) is 4.19. The van der Waals surface area contributed by atoms with Crippen LogP contribution >= 0.6 is 0 Å². The van der Waals surface area contributed by atoms with E-state index in [4.69, 9.17) is 4.74 Å². The van der Waals surface area contributed by atoms with Crippen molar-refractivity contribution in [3.63, 3.8) is 0 Å². The lowest BCUT2D eigenvalue weighted by atomic mass is 9.99. The molecular weight excluding hydrogens is 224 g/mol. The molecule has 2 nitrogen and oxygen atoms in total. The molecule has 0 saturated carbocycles. The van der Waals surface area contributed by atoms with Crippen molar-refractivity contribution in [1.29, 1.82) is 0 Å². The lowest BCUT2D eigenvalue weighted by molar-refractivity contribution is 0.0992. The van der Waals surface area contributed by atoms with Crippen molar-refractivity contribution in [2.24, 2.45) is 0 Å². The summed E-state index contributed by atoms with van der Waals surface area (Å²) in [5.41, 5.74) is 4.52. The number of rotatable bonds is 4. The van der Waals surface area contributed by atoms with E-state index in [1.165, 1.54) is 16.7 Å². The number of allylic oxidation sites excluding steroid dienone is 4. The van der Waals surface area contributed by atoms with Gasteiger partial charge in [0.2, 0.25) is 0 Å². The maximum Gasteiger partial charge on any atom is 0.167 e. The SMILES string of the molecule is COc1cccc(C(=O)CC2=C(C)C(C)=CC2)c1. The van der Waals surface area contributed by atoms with Gasteiger partial charge in [0, 0.05) is 12.0 Å². The van der Waals surface area contributed by atoms with Gasteiger partial charge in [-0.15, -0.1) is 0 Å². The molecule has 1 aromatic carbocycles. The Kier molecular flexibility index (Phi) is 3.66. The van der Waals surface area contributed by atoms with Crippen LogP contribution in [0.15, 0.2) is 47.1 Å². The average molecular weight is 242 g/mol. The van der Waals surface area contributed by atoms with Gasteiger partial charge in [0.15, 0.2) is 5.78 Å². The Hall–Kier alpha value is -1.83. The summed E-state index contributed by atoms with van der Waals surface area (Å²) < 4.78 is 5.14. The molecule has 0 saturated heterocycles. The second-order valence-corrected chi connectivity index (χ2v) is 4.65. The van der Waals surface area contributed by atoms with Gasteiger partial charge in [-0.3, -0.25) is 4.79 Å². The minimum atomic E-state index is 0.159. The second-order valence-electron chi connectivity index (χ2n) is 4.65. The van der Waals surface area contributed by atoms with Gasteiger partial charge in [0.25, 0.3) is 0 Å². The van der Waals surface area contributed by atoms with Crippen molar-refractivity contribution in [3.05, 3.63) is 52.6 Å². The largest absolute Gasteiger partial charge is 0.497 e. The molecule has 2 rings (SSSR count). The Bertz CT molecular complexity index is 536. The third-order valence-corrected chi connectivity index (χ3v) is 3.54. The lowest BCUT2D eigenvalue weighted by Crippen LogP contribution is -2.01. The molecule has 0 bridgehead atoms. The number of ketones is 1. The number of carbonyl (C=O) groups is 1. The Morgan fingerprint density at radius 2 is 2.11 bits per heavy atom. The Morgan fingerprint density at radius 3 is 2.72 bits per heavy atom. The minimum Gasteiger partial charge on any atom is -0.497 e. The third kappa shape index (κ3) is 2.53.